The molecule has 1 atom stereocenters. The van der Waals surface area contributed by atoms with Crippen molar-refractivity contribution in [3.05, 3.63) is 56.2 Å². The summed E-state index contributed by atoms with van der Waals surface area (Å²) in [7, 11) is 1.68. The Bertz CT molecular complexity index is 677. The summed E-state index contributed by atoms with van der Waals surface area (Å²) in [5.74, 6) is -1.82. The number of nitrogens with zero attached hydrogens (tertiary/aromatic N) is 1. The van der Waals surface area contributed by atoms with Gasteiger partial charge in [-0.25, -0.2) is 13.6 Å². The lowest BCUT2D eigenvalue weighted by Gasteiger charge is -2.21. The molecule has 22 heavy (non-hydrogen) atoms. The number of rotatable bonds is 4. The van der Waals surface area contributed by atoms with Crippen LogP contribution in [0.4, 0.5) is 13.6 Å². The molecule has 118 valence electrons. The Balaban J connectivity index is 1.96. The zero-order valence-electron chi connectivity index (χ0n) is 12.1. The predicted octanol–water partition coefficient (Wildman–Crippen LogP) is 4.69. The van der Waals surface area contributed by atoms with Gasteiger partial charge in [-0.2, -0.15) is 0 Å². The second-order valence-electron chi connectivity index (χ2n) is 4.91. The van der Waals surface area contributed by atoms with Gasteiger partial charge in [0, 0.05) is 11.9 Å². The summed E-state index contributed by atoms with van der Waals surface area (Å²) in [6, 6.07) is 6.78. The SMILES string of the molecule is CC(NC(=O)N(C)Cc1ccc(Br)s1)c1ccc(F)c(F)c1. The lowest BCUT2D eigenvalue weighted by Crippen LogP contribution is -2.38. The van der Waals surface area contributed by atoms with Gasteiger partial charge in [-0.3, -0.25) is 0 Å². The number of halogens is 3. The van der Waals surface area contributed by atoms with E-state index in [-0.39, 0.29) is 6.03 Å². The normalized spacial score (nSPS) is 12.0. The molecule has 0 saturated heterocycles. The topological polar surface area (TPSA) is 32.3 Å². The average Bonchev–Trinajstić information content (AvgIpc) is 2.86. The number of amides is 2. The van der Waals surface area contributed by atoms with E-state index in [1.807, 2.05) is 12.1 Å². The third-order valence-corrected chi connectivity index (χ3v) is 4.76. The molecule has 0 fully saturated rings. The van der Waals surface area contributed by atoms with Gasteiger partial charge >= 0.3 is 6.03 Å². The van der Waals surface area contributed by atoms with Crippen molar-refractivity contribution in [2.45, 2.75) is 19.5 Å². The maximum absolute atomic E-state index is 13.2. The third kappa shape index (κ3) is 4.27. The van der Waals surface area contributed by atoms with E-state index in [4.69, 9.17) is 0 Å². The average molecular weight is 389 g/mol. The molecule has 1 N–H and O–H groups in total. The number of hydrogen-bond donors (Lipinski definition) is 1. The molecule has 0 bridgehead atoms. The van der Waals surface area contributed by atoms with E-state index >= 15 is 0 Å². The van der Waals surface area contributed by atoms with Gasteiger partial charge in [0.05, 0.1) is 16.4 Å². The first-order valence-electron chi connectivity index (χ1n) is 6.57. The van der Waals surface area contributed by atoms with Crippen LogP contribution < -0.4 is 5.32 Å². The second kappa shape index (κ2) is 7.19. The first-order chi connectivity index (χ1) is 10.4. The zero-order valence-corrected chi connectivity index (χ0v) is 14.5. The van der Waals surface area contributed by atoms with Crippen LogP contribution in [0.1, 0.15) is 23.4 Å². The molecule has 1 aromatic carbocycles. The number of carbonyl (C=O) groups is 1. The molecule has 0 aliphatic rings. The molecule has 0 spiro atoms. The molecule has 3 nitrogen and oxygen atoms in total. The zero-order chi connectivity index (χ0) is 16.3. The molecule has 0 saturated carbocycles. The van der Waals surface area contributed by atoms with Crippen LogP contribution in [0.5, 0.6) is 0 Å². The smallest absolute Gasteiger partial charge is 0.317 e. The molecule has 1 aromatic heterocycles. The van der Waals surface area contributed by atoms with E-state index in [0.29, 0.717) is 12.1 Å². The number of nitrogens with one attached hydrogen (secondary N) is 1. The van der Waals surface area contributed by atoms with E-state index < -0.39 is 17.7 Å². The lowest BCUT2D eigenvalue weighted by atomic mass is 10.1. The summed E-state index contributed by atoms with van der Waals surface area (Å²) in [6.07, 6.45) is 0. The van der Waals surface area contributed by atoms with Gasteiger partial charge in [-0.15, -0.1) is 11.3 Å². The number of thiophene rings is 1. The number of urea groups is 1. The van der Waals surface area contributed by atoms with Crippen LogP contribution in [0, 0.1) is 11.6 Å². The van der Waals surface area contributed by atoms with Crippen molar-refractivity contribution < 1.29 is 13.6 Å². The second-order valence-corrected chi connectivity index (χ2v) is 7.45. The van der Waals surface area contributed by atoms with Crippen molar-refractivity contribution in [3.8, 4) is 0 Å². The van der Waals surface area contributed by atoms with Crippen LogP contribution in [-0.4, -0.2) is 18.0 Å². The van der Waals surface area contributed by atoms with Gasteiger partial charge in [0.25, 0.3) is 0 Å². The molecule has 1 unspecified atom stereocenters. The van der Waals surface area contributed by atoms with Crippen LogP contribution in [0.25, 0.3) is 0 Å². The minimum absolute atomic E-state index is 0.276. The van der Waals surface area contributed by atoms with Crippen LogP contribution in [0.2, 0.25) is 0 Å². The fourth-order valence-corrected chi connectivity index (χ4v) is 3.44. The Morgan fingerprint density at radius 3 is 2.64 bits per heavy atom. The Hall–Kier alpha value is -1.47. The highest BCUT2D eigenvalue weighted by atomic mass is 79.9. The third-order valence-electron chi connectivity index (χ3n) is 3.15. The fourth-order valence-electron chi connectivity index (χ4n) is 1.90. The van der Waals surface area contributed by atoms with Crippen molar-refractivity contribution in [1.29, 1.82) is 0 Å². The van der Waals surface area contributed by atoms with Crippen LogP contribution in [-0.2, 0) is 6.54 Å². The summed E-state index contributed by atoms with van der Waals surface area (Å²) >= 11 is 4.93. The van der Waals surface area contributed by atoms with Crippen molar-refractivity contribution >= 4 is 33.3 Å². The Morgan fingerprint density at radius 2 is 2.05 bits per heavy atom. The molecule has 0 radical (unpaired) electrons. The van der Waals surface area contributed by atoms with Crippen LogP contribution in [0.3, 0.4) is 0 Å². The molecule has 1 heterocycles. The molecule has 2 amide bonds. The maximum atomic E-state index is 13.2. The summed E-state index contributed by atoms with van der Waals surface area (Å²) in [4.78, 5) is 14.7. The van der Waals surface area contributed by atoms with E-state index in [0.717, 1.165) is 20.8 Å². The molecular formula is C15H15BrF2N2OS. The molecule has 2 aromatic rings. The van der Waals surface area contributed by atoms with Gasteiger partial charge < -0.3 is 10.2 Å². The monoisotopic (exact) mass is 388 g/mol. The van der Waals surface area contributed by atoms with Crippen LogP contribution in [0.15, 0.2) is 34.1 Å². The molecule has 0 aliphatic carbocycles. The van der Waals surface area contributed by atoms with Crippen LogP contribution >= 0.6 is 27.3 Å². The Kier molecular flexibility index (Phi) is 5.52. The number of carbonyl (C=O) groups excluding carboxylic acids is 1. The van der Waals surface area contributed by atoms with Gasteiger partial charge in [0.15, 0.2) is 11.6 Å². The highest BCUT2D eigenvalue weighted by Crippen LogP contribution is 2.23. The van der Waals surface area contributed by atoms with Gasteiger partial charge in [0.1, 0.15) is 0 Å². The largest absolute Gasteiger partial charge is 0.331 e. The van der Waals surface area contributed by atoms with Crippen molar-refractivity contribution in [1.82, 2.24) is 10.2 Å². The number of hydrogen-bond acceptors (Lipinski definition) is 2. The molecular weight excluding hydrogens is 374 g/mol. The first-order valence-corrected chi connectivity index (χ1v) is 8.18. The standard InChI is InChI=1S/C15H15BrF2N2OS/c1-9(10-3-5-12(17)13(18)7-10)19-15(21)20(2)8-11-4-6-14(16)22-11/h3-7,9H,8H2,1-2H3,(H,19,21). The first kappa shape index (κ1) is 16.9. The summed E-state index contributed by atoms with van der Waals surface area (Å²) in [5, 5.41) is 2.76. The Labute approximate surface area is 140 Å². The van der Waals surface area contributed by atoms with E-state index in [1.54, 1.807) is 25.3 Å². The molecule has 2 rings (SSSR count). The van der Waals surface area contributed by atoms with Crippen molar-refractivity contribution in [2.75, 3.05) is 7.05 Å². The van der Waals surface area contributed by atoms with Gasteiger partial charge in [-0.05, 0) is 52.7 Å². The van der Waals surface area contributed by atoms with Crippen molar-refractivity contribution in [2.24, 2.45) is 0 Å². The maximum Gasteiger partial charge on any atom is 0.317 e. The highest BCUT2D eigenvalue weighted by Gasteiger charge is 2.15. The molecule has 7 heteroatoms. The van der Waals surface area contributed by atoms with Gasteiger partial charge in [-0.1, -0.05) is 6.07 Å². The predicted molar refractivity (Wildman–Crippen MR) is 86.8 cm³/mol. The summed E-state index contributed by atoms with van der Waals surface area (Å²) in [6.45, 7) is 2.20. The molecule has 0 aliphatic heterocycles. The van der Waals surface area contributed by atoms with Gasteiger partial charge in [0.2, 0.25) is 0 Å². The van der Waals surface area contributed by atoms with E-state index in [1.165, 1.54) is 11.0 Å². The summed E-state index contributed by atoms with van der Waals surface area (Å²) in [5.41, 5.74) is 0.513. The quantitative estimate of drug-likeness (QED) is 0.809. The fraction of sp³-hybridized carbons (Fsp3) is 0.267. The minimum Gasteiger partial charge on any atom is -0.331 e. The number of benzene rings is 1. The Morgan fingerprint density at radius 1 is 1.32 bits per heavy atom. The minimum atomic E-state index is -0.921. The van der Waals surface area contributed by atoms with E-state index in [2.05, 4.69) is 21.2 Å². The lowest BCUT2D eigenvalue weighted by molar-refractivity contribution is 0.204. The highest BCUT2D eigenvalue weighted by molar-refractivity contribution is 9.11. The van der Waals surface area contributed by atoms with Crippen molar-refractivity contribution in [3.63, 3.8) is 0 Å². The summed E-state index contributed by atoms with van der Waals surface area (Å²) < 4.78 is 27.2. The van der Waals surface area contributed by atoms with E-state index in [9.17, 15) is 13.6 Å².